The predicted octanol–water partition coefficient (Wildman–Crippen LogP) is 0.886. The number of piperidine rings is 1. The summed E-state index contributed by atoms with van der Waals surface area (Å²) < 4.78 is 0.495. The summed E-state index contributed by atoms with van der Waals surface area (Å²) in [4.78, 5) is 41.5. The van der Waals surface area contributed by atoms with E-state index < -0.39 is 23.8 Å². The summed E-state index contributed by atoms with van der Waals surface area (Å²) in [5.41, 5.74) is 3.02. The number of fused-ring (bicyclic) bond motifs is 1. The number of amidine groups is 1. The molecule has 2 heterocycles. The molecule has 1 saturated heterocycles. The second kappa shape index (κ2) is 5.23. The Balaban J connectivity index is 1.99. The SMILES string of the molecule is CC1=NC2=CC(Br)=C=C(O)C2C(=O)N1C1CCC(=O)NC1=O. The molecular weight excluding hydrogens is 354 g/mol. The highest BCUT2D eigenvalue weighted by atomic mass is 79.9. The van der Waals surface area contributed by atoms with Crippen LogP contribution < -0.4 is 5.32 Å². The van der Waals surface area contributed by atoms with Crippen LogP contribution in [0.5, 0.6) is 0 Å². The van der Waals surface area contributed by atoms with Crippen LogP contribution in [0.2, 0.25) is 0 Å². The fraction of sp³-hybridized carbons (Fsp3) is 0.357. The molecule has 3 rings (SSSR count). The number of nitrogens with zero attached hydrogens (tertiary/aromatic N) is 2. The zero-order chi connectivity index (χ0) is 16.0. The first-order valence-corrected chi connectivity index (χ1v) is 7.46. The highest BCUT2D eigenvalue weighted by Gasteiger charge is 2.44. The Labute approximate surface area is 134 Å². The first-order valence-electron chi connectivity index (χ1n) is 6.67. The molecule has 0 aromatic carbocycles. The van der Waals surface area contributed by atoms with Gasteiger partial charge in [0.25, 0.3) is 0 Å². The number of aliphatic hydroxyl groups excluding tert-OH is 1. The first-order chi connectivity index (χ1) is 10.4. The predicted molar refractivity (Wildman–Crippen MR) is 79.8 cm³/mol. The van der Waals surface area contributed by atoms with Crippen LogP contribution in [-0.4, -0.2) is 39.6 Å². The van der Waals surface area contributed by atoms with Crippen molar-refractivity contribution < 1.29 is 19.5 Å². The summed E-state index contributed by atoms with van der Waals surface area (Å²) in [6, 6.07) is -0.794. The number of carbonyl (C=O) groups is 3. The lowest BCUT2D eigenvalue weighted by molar-refractivity contribution is -0.143. The molecular formula is C14H12BrN3O4. The fourth-order valence-electron chi connectivity index (χ4n) is 2.77. The molecule has 3 amide bonds. The lowest BCUT2D eigenvalue weighted by Gasteiger charge is -2.37. The van der Waals surface area contributed by atoms with Crippen molar-refractivity contribution >= 4 is 39.5 Å². The molecule has 0 spiro atoms. The molecule has 22 heavy (non-hydrogen) atoms. The summed E-state index contributed by atoms with van der Waals surface area (Å²) in [6.07, 6.45) is 2.00. The molecule has 1 aliphatic carbocycles. The van der Waals surface area contributed by atoms with Crippen LogP contribution in [0.15, 0.2) is 32.7 Å². The Morgan fingerprint density at radius 1 is 1.45 bits per heavy atom. The van der Waals surface area contributed by atoms with Gasteiger partial charge in [-0.15, -0.1) is 0 Å². The van der Waals surface area contributed by atoms with E-state index in [0.29, 0.717) is 16.0 Å². The average Bonchev–Trinajstić information content (AvgIpc) is 2.39. The third kappa shape index (κ3) is 2.30. The van der Waals surface area contributed by atoms with E-state index in [4.69, 9.17) is 0 Å². The average molecular weight is 366 g/mol. The quantitative estimate of drug-likeness (QED) is 0.532. The smallest absolute Gasteiger partial charge is 0.249 e. The summed E-state index contributed by atoms with van der Waals surface area (Å²) in [5.74, 6) is -2.18. The fourth-order valence-corrected chi connectivity index (χ4v) is 3.21. The maximum absolute atomic E-state index is 12.7. The van der Waals surface area contributed by atoms with Crippen molar-refractivity contribution in [2.75, 3.05) is 0 Å². The van der Waals surface area contributed by atoms with E-state index in [1.165, 1.54) is 4.90 Å². The summed E-state index contributed by atoms with van der Waals surface area (Å²) >= 11 is 3.19. The Kier molecular flexibility index (Phi) is 3.50. The van der Waals surface area contributed by atoms with Crippen molar-refractivity contribution in [2.45, 2.75) is 25.8 Å². The number of aliphatic hydroxyl groups is 1. The van der Waals surface area contributed by atoms with Crippen LogP contribution in [0.1, 0.15) is 19.8 Å². The van der Waals surface area contributed by atoms with E-state index in [2.05, 4.69) is 32.0 Å². The van der Waals surface area contributed by atoms with E-state index in [0.717, 1.165) is 0 Å². The van der Waals surface area contributed by atoms with Crippen molar-refractivity contribution in [2.24, 2.45) is 10.9 Å². The van der Waals surface area contributed by atoms with Gasteiger partial charge in [-0.3, -0.25) is 24.6 Å². The van der Waals surface area contributed by atoms with Crippen LogP contribution in [-0.2, 0) is 14.4 Å². The van der Waals surface area contributed by atoms with Crippen LogP contribution in [0.3, 0.4) is 0 Å². The van der Waals surface area contributed by atoms with Gasteiger partial charge in [0.15, 0.2) is 5.76 Å². The number of aliphatic imine (C=N–C) groups is 1. The van der Waals surface area contributed by atoms with Gasteiger partial charge < -0.3 is 5.11 Å². The van der Waals surface area contributed by atoms with Crippen LogP contribution in [0.25, 0.3) is 0 Å². The number of hydrogen-bond acceptors (Lipinski definition) is 5. The van der Waals surface area contributed by atoms with Crippen LogP contribution in [0, 0.1) is 5.92 Å². The number of hydrogen-bond donors (Lipinski definition) is 2. The zero-order valence-corrected chi connectivity index (χ0v) is 13.2. The van der Waals surface area contributed by atoms with Gasteiger partial charge in [0.1, 0.15) is 17.8 Å². The van der Waals surface area contributed by atoms with E-state index >= 15 is 0 Å². The minimum Gasteiger partial charge on any atom is -0.503 e. The molecule has 0 aromatic rings. The second-order valence-electron chi connectivity index (χ2n) is 5.19. The van der Waals surface area contributed by atoms with Gasteiger partial charge in [-0.1, -0.05) is 5.73 Å². The molecule has 1 fully saturated rings. The molecule has 7 nitrogen and oxygen atoms in total. The zero-order valence-electron chi connectivity index (χ0n) is 11.6. The molecule has 0 aromatic heterocycles. The summed E-state index contributed by atoms with van der Waals surface area (Å²) in [5, 5.41) is 12.2. The molecule has 2 aliphatic heterocycles. The van der Waals surface area contributed by atoms with Crippen LogP contribution in [0.4, 0.5) is 0 Å². The number of amides is 3. The number of carbonyl (C=O) groups excluding carboxylic acids is 3. The van der Waals surface area contributed by atoms with Crippen molar-refractivity contribution in [3.63, 3.8) is 0 Å². The van der Waals surface area contributed by atoms with Gasteiger partial charge >= 0.3 is 0 Å². The van der Waals surface area contributed by atoms with E-state index in [-0.39, 0.29) is 24.5 Å². The highest BCUT2D eigenvalue weighted by molar-refractivity contribution is 9.11. The normalized spacial score (nSPS) is 28.3. The van der Waals surface area contributed by atoms with Gasteiger partial charge in [-0.25, -0.2) is 4.99 Å². The van der Waals surface area contributed by atoms with Crippen molar-refractivity contribution in [3.8, 4) is 0 Å². The Bertz CT molecular complexity index is 730. The lowest BCUT2D eigenvalue weighted by Crippen LogP contribution is -2.58. The third-order valence-electron chi connectivity index (χ3n) is 3.74. The van der Waals surface area contributed by atoms with Crippen molar-refractivity contribution in [3.05, 3.63) is 27.7 Å². The Morgan fingerprint density at radius 3 is 2.86 bits per heavy atom. The van der Waals surface area contributed by atoms with E-state index in [9.17, 15) is 19.5 Å². The summed E-state index contributed by atoms with van der Waals surface area (Å²) in [7, 11) is 0. The van der Waals surface area contributed by atoms with E-state index in [1.807, 2.05) is 0 Å². The first kappa shape index (κ1) is 14.7. The van der Waals surface area contributed by atoms with E-state index in [1.54, 1.807) is 13.0 Å². The molecule has 0 bridgehead atoms. The van der Waals surface area contributed by atoms with Crippen molar-refractivity contribution in [1.82, 2.24) is 10.2 Å². The topological polar surface area (TPSA) is 99.1 Å². The number of rotatable bonds is 1. The minimum absolute atomic E-state index is 0.161. The molecule has 114 valence electrons. The Hall–Kier alpha value is -2.18. The standard InChI is InChI=1S/C14H12BrN3O4/c1-6-16-8-4-7(15)5-10(19)12(8)14(22)18(6)9-2-3-11(20)17-13(9)21/h4,9,12,19H,2-3H2,1H3,(H,17,20,21). The van der Waals surface area contributed by atoms with Gasteiger partial charge in [0, 0.05) is 6.42 Å². The number of nitrogens with one attached hydrogen (secondary N) is 1. The minimum atomic E-state index is -0.963. The maximum atomic E-state index is 12.7. The molecule has 3 aliphatic rings. The van der Waals surface area contributed by atoms with Gasteiger partial charge in [0.05, 0.1) is 10.2 Å². The van der Waals surface area contributed by atoms with Gasteiger partial charge in [-0.2, -0.15) is 0 Å². The number of halogens is 1. The largest absolute Gasteiger partial charge is 0.503 e. The molecule has 2 N–H and O–H groups in total. The van der Waals surface area contributed by atoms with Crippen LogP contribution >= 0.6 is 15.9 Å². The lowest BCUT2D eigenvalue weighted by atomic mass is 9.94. The third-order valence-corrected chi connectivity index (χ3v) is 4.16. The molecule has 8 heteroatoms. The molecule has 2 atom stereocenters. The Morgan fingerprint density at radius 2 is 2.18 bits per heavy atom. The van der Waals surface area contributed by atoms with Crippen molar-refractivity contribution in [1.29, 1.82) is 0 Å². The highest BCUT2D eigenvalue weighted by Crippen LogP contribution is 2.33. The summed E-state index contributed by atoms with van der Waals surface area (Å²) in [6.45, 7) is 1.62. The monoisotopic (exact) mass is 365 g/mol. The second-order valence-corrected chi connectivity index (χ2v) is 6.05. The molecule has 0 saturated carbocycles. The maximum Gasteiger partial charge on any atom is 0.249 e. The number of allylic oxidation sites excluding steroid dienone is 1. The molecule has 2 unspecified atom stereocenters. The number of imide groups is 1. The van der Waals surface area contributed by atoms with Gasteiger partial charge in [0.2, 0.25) is 17.7 Å². The molecule has 0 radical (unpaired) electrons. The van der Waals surface area contributed by atoms with Gasteiger partial charge in [-0.05, 0) is 35.4 Å².